The highest BCUT2D eigenvalue weighted by Gasteiger charge is 2.31. The standard InChI is InChI=1S/C29H34INO3/c1-21(23-15-17-24(33-5)18-16-23)31(20-22-11-7-6-8-12-22)27(19-28(32)34-29(2,3)4)25-13-9-10-14-26(25)30/h6-18,21,27H,19-20H2,1-5H3/t21-,27+/m0/s1. The number of methoxy groups -OCH3 is 1. The number of benzene rings is 3. The molecular formula is C29H34INO3. The minimum absolute atomic E-state index is 0.0505. The summed E-state index contributed by atoms with van der Waals surface area (Å²) in [5.74, 6) is 0.630. The third-order valence-corrected chi connectivity index (χ3v) is 6.73. The van der Waals surface area contributed by atoms with Crippen molar-refractivity contribution < 1.29 is 14.3 Å². The van der Waals surface area contributed by atoms with E-state index in [0.717, 1.165) is 20.4 Å². The molecule has 3 rings (SSSR count). The fourth-order valence-corrected chi connectivity index (χ4v) is 4.82. The van der Waals surface area contributed by atoms with Gasteiger partial charge in [0, 0.05) is 22.2 Å². The smallest absolute Gasteiger partial charge is 0.308 e. The molecule has 0 aliphatic heterocycles. The molecule has 34 heavy (non-hydrogen) atoms. The summed E-state index contributed by atoms with van der Waals surface area (Å²) < 4.78 is 12.3. The first-order valence-electron chi connectivity index (χ1n) is 11.6. The molecule has 0 heterocycles. The Kier molecular flexibility index (Phi) is 9.14. The van der Waals surface area contributed by atoms with Crippen molar-refractivity contribution in [1.29, 1.82) is 0 Å². The average Bonchev–Trinajstić information content (AvgIpc) is 2.81. The molecule has 0 N–H and O–H groups in total. The lowest BCUT2D eigenvalue weighted by Gasteiger charge is -2.38. The summed E-state index contributed by atoms with van der Waals surface area (Å²) in [6.45, 7) is 8.63. The molecule has 0 aromatic heterocycles. The van der Waals surface area contributed by atoms with Crippen LogP contribution in [0.5, 0.6) is 5.75 Å². The summed E-state index contributed by atoms with van der Waals surface area (Å²) in [7, 11) is 1.67. The van der Waals surface area contributed by atoms with E-state index in [1.54, 1.807) is 7.11 Å². The van der Waals surface area contributed by atoms with E-state index in [4.69, 9.17) is 9.47 Å². The second-order valence-electron chi connectivity index (χ2n) is 9.43. The molecule has 3 aromatic rings. The van der Waals surface area contributed by atoms with Crippen molar-refractivity contribution in [1.82, 2.24) is 4.90 Å². The van der Waals surface area contributed by atoms with E-state index < -0.39 is 5.60 Å². The molecule has 180 valence electrons. The van der Waals surface area contributed by atoms with Gasteiger partial charge in [0.1, 0.15) is 11.4 Å². The fraction of sp³-hybridized carbons (Fsp3) is 0.345. The highest BCUT2D eigenvalue weighted by Crippen LogP contribution is 2.37. The normalized spacial score (nSPS) is 13.4. The number of rotatable bonds is 9. The zero-order valence-electron chi connectivity index (χ0n) is 20.6. The van der Waals surface area contributed by atoms with Crippen molar-refractivity contribution in [2.24, 2.45) is 0 Å². The zero-order valence-corrected chi connectivity index (χ0v) is 22.8. The van der Waals surface area contributed by atoms with Crippen molar-refractivity contribution in [2.75, 3.05) is 7.11 Å². The van der Waals surface area contributed by atoms with Crippen LogP contribution in [0.1, 0.15) is 62.9 Å². The van der Waals surface area contributed by atoms with Gasteiger partial charge in [0.05, 0.1) is 13.5 Å². The summed E-state index contributed by atoms with van der Waals surface area (Å²) in [6, 6.07) is 26.8. The maximum Gasteiger partial charge on any atom is 0.308 e. The van der Waals surface area contributed by atoms with Crippen molar-refractivity contribution in [3.63, 3.8) is 0 Å². The summed E-state index contributed by atoms with van der Waals surface area (Å²) >= 11 is 2.37. The number of hydrogen-bond acceptors (Lipinski definition) is 4. The van der Waals surface area contributed by atoms with E-state index in [2.05, 4.69) is 82.9 Å². The predicted molar refractivity (Wildman–Crippen MR) is 146 cm³/mol. The Morgan fingerprint density at radius 1 is 0.941 bits per heavy atom. The highest BCUT2D eigenvalue weighted by molar-refractivity contribution is 14.1. The van der Waals surface area contributed by atoms with Gasteiger partial charge in [0.15, 0.2) is 0 Å². The molecule has 0 amide bonds. The van der Waals surface area contributed by atoms with E-state index in [1.165, 1.54) is 5.56 Å². The molecule has 3 aromatic carbocycles. The second kappa shape index (κ2) is 11.8. The molecule has 0 unspecified atom stereocenters. The van der Waals surface area contributed by atoms with Gasteiger partial charge in [-0.3, -0.25) is 9.69 Å². The number of ether oxygens (including phenoxy) is 2. The molecule has 4 nitrogen and oxygen atoms in total. The molecule has 0 bridgehead atoms. The zero-order chi connectivity index (χ0) is 24.7. The Morgan fingerprint density at radius 3 is 2.15 bits per heavy atom. The number of hydrogen-bond donors (Lipinski definition) is 0. The summed E-state index contributed by atoms with van der Waals surface area (Å²) in [4.78, 5) is 15.5. The van der Waals surface area contributed by atoms with Gasteiger partial charge in [0.25, 0.3) is 0 Å². The first-order valence-corrected chi connectivity index (χ1v) is 12.7. The van der Waals surface area contributed by atoms with Crippen LogP contribution in [0.3, 0.4) is 0 Å². The lowest BCUT2D eigenvalue weighted by atomic mass is 9.96. The third-order valence-electron chi connectivity index (χ3n) is 5.75. The SMILES string of the molecule is COc1ccc([C@H](C)N(Cc2ccccc2)[C@H](CC(=O)OC(C)(C)C)c2ccccc2I)cc1. The molecular weight excluding hydrogens is 537 g/mol. The molecule has 0 radical (unpaired) electrons. The Bertz CT molecular complexity index is 1060. The number of esters is 1. The average molecular weight is 571 g/mol. The Labute approximate surface area is 217 Å². The van der Waals surface area contributed by atoms with Gasteiger partial charge >= 0.3 is 5.97 Å². The molecule has 0 aliphatic rings. The van der Waals surface area contributed by atoms with Crippen molar-refractivity contribution in [3.8, 4) is 5.75 Å². The lowest BCUT2D eigenvalue weighted by molar-refractivity contribution is -0.156. The third kappa shape index (κ3) is 7.31. The molecule has 0 aliphatic carbocycles. The molecule has 2 atom stereocenters. The van der Waals surface area contributed by atoms with Crippen LogP contribution in [-0.4, -0.2) is 23.6 Å². The van der Waals surface area contributed by atoms with E-state index in [1.807, 2.05) is 51.1 Å². The van der Waals surface area contributed by atoms with Crippen LogP contribution in [-0.2, 0) is 16.1 Å². The number of carbonyl (C=O) groups is 1. The minimum atomic E-state index is -0.530. The molecule has 0 fully saturated rings. The molecule has 5 heteroatoms. The van der Waals surface area contributed by atoms with E-state index >= 15 is 0 Å². The Balaban J connectivity index is 2.05. The van der Waals surface area contributed by atoms with Crippen LogP contribution < -0.4 is 4.74 Å². The van der Waals surface area contributed by atoms with Crippen LogP contribution in [0, 0.1) is 3.57 Å². The van der Waals surface area contributed by atoms with Gasteiger partial charge in [-0.1, -0.05) is 60.7 Å². The first-order chi connectivity index (χ1) is 16.2. The number of nitrogens with zero attached hydrogens (tertiary/aromatic N) is 1. The molecule has 0 saturated carbocycles. The predicted octanol–water partition coefficient (Wildman–Crippen LogP) is 7.34. The van der Waals surface area contributed by atoms with E-state index in [9.17, 15) is 4.79 Å². The Morgan fingerprint density at radius 2 is 1.56 bits per heavy atom. The topological polar surface area (TPSA) is 38.8 Å². The van der Waals surface area contributed by atoms with Crippen molar-refractivity contribution >= 4 is 28.6 Å². The largest absolute Gasteiger partial charge is 0.497 e. The number of carbonyl (C=O) groups excluding carboxylic acids is 1. The van der Waals surface area contributed by atoms with Crippen LogP contribution in [0.2, 0.25) is 0 Å². The van der Waals surface area contributed by atoms with Crippen LogP contribution >= 0.6 is 22.6 Å². The second-order valence-corrected chi connectivity index (χ2v) is 10.6. The van der Waals surface area contributed by atoms with E-state index in [-0.39, 0.29) is 24.5 Å². The highest BCUT2D eigenvalue weighted by atomic mass is 127. The summed E-state index contributed by atoms with van der Waals surface area (Å²) in [5.41, 5.74) is 2.96. The maximum absolute atomic E-state index is 13.1. The van der Waals surface area contributed by atoms with Gasteiger partial charge in [-0.2, -0.15) is 0 Å². The summed E-state index contributed by atoms with van der Waals surface area (Å²) in [5, 5.41) is 0. The van der Waals surface area contributed by atoms with Crippen LogP contribution in [0.4, 0.5) is 0 Å². The summed E-state index contributed by atoms with van der Waals surface area (Å²) in [6.07, 6.45) is 0.268. The molecule has 0 spiro atoms. The van der Waals surface area contributed by atoms with Gasteiger partial charge in [-0.15, -0.1) is 0 Å². The van der Waals surface area contributed by atoms with Crippen LogP contribution in [0.15, 0.2) is 78.9 Å². The van der Waals surface area contributed by atoms with Crippen molar-refractivity contribution in [2.45, 2.75) is 58.3 Å². The van der Waals surface area contributed by atoms with E-state index in [0.29, 0.717) is 6.54 Å². The first kappa shape index (κ1) is 26.2. The van der Waals surface area contributed by atoms with Gasteiger partial charge in [-0.05, 0) is 85.2 Å². The lowest BCUT2D eigenvalue weighted by Crippen LogP contribution is -2.35. The van der Waals surface area contributed by atoms with Crippen molar-refractivity contribution in [3.05, 3.63) is 99.1 Å². The van der Waals surface area contributed by atoms with Gasteiger partial charge in [-0.25, -0.2) is 0 Å². The Hall–Kier alpha value is -2.38. The molecule has 0 saturated heterocycles. The monoisotopic (exact) mass is 571 g/mol. The van der Waals surface area contributed by atoms with Crippen LogP contribution in [0.25, 0.3) is 0 Å². The van der Waals surface area contributed by atoms with Gasteiger partial charge in [0.2, 0.25) is 0 Å². The minimum Gasteiger partial charge on any atom is -0.497 e. The fourth-order valence-electron chi connectivity index (χ4n) is 4.08. The maximum atomic E-state index is 13.1. The van der Waals surface area contributed by atoms with Gasteiger partial charge < -0.3 is 9.47 Å². The quantitative estimate of drug-likeness (QED) is 0.199. The number of halogens is 1.